The molecule has 0 aromatic heterocycles. The highest BCUT2D eigenvalue weighted by molar-refractivity contribution is 6.36. The van der Waals surface area contributed by atoms with Gasteiger partial charge in [-0.2, -0.15) is 0 Å². The molecule has 2 fully saturated rings. The Morgan fingerprint density at radius 1 is 0.744 bits per heavy atom. The van der Waals surface area contributed by atoms with Gasteiger partial charge >= 0.3 is 0 Å². The molecule has 2 aliphatic rings. The number of carbonyl (C=O) groups excluding carboxylic acids is 2. The van der Waals surface area contributed by atoms with Crippen LogP contribution in [0.15, 0.2) is 54.6 Å². The van der Waals surface area contributed by atoms with Crippen LogP contribution < -0.4 is 23.8 Å². The molecular weight excluding hydrogens is 593 g/mol. The number of halogens is 2. The molecule has 0 radical (unpaired) electrons. The van der Waals surface area contributed by atoms with Crippen LogP contribution in [0.4, 0.5) is 5.69 Å². The fourth-order valence-corrected chi connectivity index (χ4v) is 6.49. The molecular formula is C32H35Cl2N3O6. The maximum atomic E-state index is 14.2. The number of anilines is 1. The highest BCUT2D eigenvalue weighted by Crippen LogP contribution is 2.44. The monoisotopic (exact) mass is 627 g/mol. The van der Waals surface area contributed by atoms with Gasteiger partial charge in [0.15, 0.2) is 11.5 Å². The van der Waals surface area contributed by atoms with Gasteiger partial charge in [-0.15, -0.1) is 0 Å². The maximum absolute atomic E-state index is 14.2. The van der Waals surface area contributed by atoms with Crippen molar-refractivity contribution in [2.24, 2.45) is 5.92 Å². The molecule has 3 aromatic carbocycles. The quantitative estimate of drug-likeness (QED) is 0.338. The molecule has 43 heavy (non-hydrogen) atoms. The summed E-state index contributed by atoms with van der Waals surface area (Å²) in [6.45, 7) is 2.98. The van der Waals surface area contributed by atoms with E-state index in [4.69, 9.17) is 42.1 Å². The fourth-order valence-electron chi connectivity index (χ4n) is 6.00. The summed E-state index contributed by atoms with van der Waals surface area (Å²) in [6, 6.07) is 16.4. The van der Waals surface area contributed by atoms with E-state index in [0.29, 0.717) is 60.6 Å². The fraction of sp³-hybridized carbons (Fsp3) is 0.375. The summed E-state index contributed by atoms with van der Waals surface area (Å²) in [7, 11) is 6.31. The van der Waals surface area contributed by atoms with Crippen LogP contribution in [-0.4, -0.2) is 89.3 Å². The Morgan fingerprint density at radius 3 is 2.00 bits per heavy atom. The molecule has 228 valence electrons. The summed E-state index contributed by atoms with van der Waals surface area (Å²) >= 11 is 12.5. The molecule has 2 aliphatic heterocycles. The lowest BCUT2D eigenvalue weighted by Gasteiger charge is -2.38. The van der Waals surface area contributed by atoms with Gasteiger partial charge in [-0.25, -0.2) is 0 Å². The number of likely N-dealkylation sites (tertiary alicyclic amines) is 1. The molecule has 0 bridgehead atoms. The molecule has 0 aliphatic carbocycles. The Labute approximate surface area is 261 Å². The highest BCUT2D eigenvalue weighted by Gasteiger charge is 2.43. The first-order valence-corrected chi connectivity index (χ1v) is 14.8. The Balaban J connectivity index is 1.43. The van der Waals surface area contributed by atoms with E-state index < -0.39 is 5.92 Å². The number of benzene rings is 3. The van der Waals surface area contributed by atoms with Crippen LogP contribution in [0.2, 0.25) is 10.0 Å². The van der Waals surface area contributed by atoms with Gasteiger partial charge in [0, 0.05) is 50.2 Å². The van der Waals surface area contributed by atoms with Crippen molar-refractivity contribution in [3.63, 3.8) is 0 Å². The average Bonchev–Trinajstić information content (AvgIpc) is 3.49. The van der Waals surface area contributed by atoms with E-state index in [2.05, 4.69) is 4.90 Å². The van der Waals surface area contributed by atoms with Gasteiger partial charge in [0.05, 0.1) is 50.6 Å². The van der Waals surface area contributed by atoms with Gasteiger partial charge in [0.2, 0.25) is 11.7 Å². The van der Waals surface area contributed by atoms with Gasteiger partial charge in [0.25, 0.3) is 5.91 Å². The Kier molecular flexibility index (Phi) is 9.42. The molecule has 11 heteroatoms. The van der Waals surface area contributed by atoms with Gasteiger partial charge in [-0.05, 0) is 48.0 Å². The van der Waals surface area contributed by atoms with Crippen molar-refractivity contribution in [3.8, 4) is 23.0 Å². The van der Waals surface area contributed by atoms with Gasteiger partial charge in [-0.3, -0.25) is 9.59 Å². The normalized spacial score (nSPS) is 18.4. The van der Waals surface area contributed by atoms with E-state index in [0.717, 1.165) is 17.0 Å². The van der Waals surface area contributed by atoms with Crippen LogP contribution in [0, 0.1) is 5.92 Å². The van der Waals surface area contributed by atoms with Gasteiger partial charge in [0.1, 0.15) is 5.75 Å². The number of rotatable bonds is 8. The maximum Gasteiger partial charge on any atom is 0.255 e. The molecule has 2 heterocycles. The smallest absolute Gasteiger partial charge is 0.255 e. The highest BCUT2D eigenvalue weighted by atomic mass is 35.5. The summed E-state index contributed by atoms with van der Waals surface area (Å²) in [5.74, 6) is 1.17. The van der Waals surface area contributed by atoms with Crippen molar-refractivity contribution in [2.45, 2.75) is 5.92 Å². The van der Waals surface area contributed by atoms with E-state index in [9.17, 15) is 9.59 Å². The van der Waals surface area contributed by atoms with E-state index >= 15 is 0 Å². The van der Waals surface area contributed by atoms with Crippen molar-refractivity contribution in [3.05, 3.63) is 75.8 Å². The van der Waals surface area contributed by atoms with Crippen molar-refractivity contribution >= 4 is 40.7 Å². The molecule has 0 spiro atoms. The Bertz CT molecular complexity index is 1470. The topological polar surface area (TPSA) is 80.8 Å². The number of hydrogen-bond acceptors (Lipinski definition) is 7. The van der Waals surface area contributed by atoms with E-state index in [-0.39, 0.29) is 29.3 Å². The molecule has 0 unspecified atom stereocenters. The molecule has 2 amide bonds. The summed E-state index contributed by atoms with van der Waals surface area (Å²) in [4.78, 5) is 33.7. The van der Waals surface area contributed by atoms with Crippen LogP contribution in [0.1, 0.15) is 21.8 Å². The molecule has 3 aromatic rings. The minimum Gasteiger partial charge on any atom is -0.495 e. The Morgan fingerprint density at radius 2 is 1.40 bits per heavy atom. The first-order valence-electron chi connectivity index (χ1n) is 14.0. The van der Waals surface area contributed by atoms with Crippen LogP contribution in [0.3, 0.4) is 0 Å². The number of ether oxygens (including phenoxy) is 4. The van der Waals surface area contributed by atoms with Crippen molar-refractivity contribution in [1.29, 1.82) is 0 Å². The predicted molar refractivity (Wildman–Crippen MR) is 166 cm³/mol. The zero-order chi connectivity index (χ0) is 30.7. The lowest BCUT2D eigenvalue weighted by Crippen LogP contribution is -2.51. The molecule has 2 saturated heterocycles. The van der Waals surface area contributed by atoms with Crippen LogP contribution in [0.5, 0.6) is 23.0 Å². The van der Waals surface area contributed by atoms with E-state index in [1.54, 1.807) is 51.5 Å². The first kappa shape index (κ1) is 30.6. The second kappa shape index (κ2) is 13.2. The average molecular weight is 629 g/mol. The summed E-state index contributed by atoms with van der Waals surface area (Å²) in [5, 5.41) is 0.711. The molecule has 9 nitrogen and oxygen atoms in total. The summed E-state index contributed by atoms with van der Waals surface area (Å²) in [6.07, 6.45) is 0. The minimum atomic E-state index is -0.490. The van der Waals surface area contributed by atoms with E-state index in [1.807, 2.05) is 41.3 Å². The van der Waals surface area contributed by atoms with Crippen molar-refractivity contribution < 1.29 is 28.5 Å². The number of carbonyl (C=O) groups is 2. The van der Waals surface area contributed by atoms with Crippen LogP contribution >= 0.6 is 23.2 Å². The summed E-state index contributed by atoms with van der Waals surface area (Å²) in [5.41, 5.74) is 2.16. The standard InChI is InChI=1S/C32H35Cl2N3O6/c1-40-27-8-6-5-7-26(27)35-11-13-36(14-12-35)32(39)24-19-37(31(38)22-10-9-21(33)17-25(22)34)18-23(24)20-15-28(41-2)30(43-4)29(16-20)42-3/h5-10,15-17,23-24H,11-14,18-19H2,1-4H3/t23-,24+/m0/s1. The minimum absolute atomic E-state index is 0.00377. The second-order valence-electron chi connectivity index (χ2n) is 10.5. The zero-order valence-corrected chi connectivity index (χ0v) is 26.2. The molecule has 0 N–H and O–H groups in total. The third-order valence-electron chi connectivity index (χ3n) is 8.22. The number of nitrogens with zero attached hydrogens (tertiary/aromatic N) is 3. The zero-order valence-electron chi connectivity index (χ0n) is 24.6. The van der Waals surface area contributed by atoms with Crippen molar-refractivity contribution in [1.82, 2.24) is 9.80 Å². The third-order valence-corrected chi connectivity index (χ3v) is 8.77. The molecule has 2 atom stereocenters. The summed E-state index contributed by atoms with van der Waals surface area (Å²) < 4.78 is 22.3. The SMILES string of the molecule is COc1ccccc1N1CCN(C(=O)[C@@H]2CN(C(=O)c3ccc(Cl)cc3Cl)C[C@H]2c2cc(OC)c(OC)c(OC)c2)CC1. The molecule has 5 rings (SSSR count). The van der Waals surface area contributed by atoms with Crippen LogP contribution in [0.25, 0.3) is 0 Å². The first-order chi connectivity index (χ1) is 20.8. The second-order valence-corrected chi connectivity index (χ2v) is 11.3. The largest absolute Gasteiger partial charge is 0.495 e. The van der Waals surface area contributed by atoms with E-state index in [1.165, 1.54) is 0 Å². The lowest BCUT2D eigenvalue weighted by atomic mass is 9.87. The number of amides is 2. The number of hydrogen-bond donors (Lipinski definition) is 0. The predicted octanol–water partition coefficient (Wildman–Crippen LogP) is 5.23. The van der Waals surface area contributed by atoms with Crippen LogP contribution in [-0.2, 0) is 4.79 Å². The van der Waals surface area contributed by atoms with Gasteiger partial charge < -0.3 is 33.6 Å². The van der Waals surface area contributed by atoms with Gasteiger partial charge in [-0.1, -0.05) is 35.3 Å². The van der Waals surface area contributed by atoms with Crippen molar-refractivity contribution in [2.75, 3.05) is 72.6 Å². The number of methoxy groups -OCH3 is 4. The third kappa shape index (κ3) is 6.15. The lowest BCUT2D eigenvalue weighted by molar-refractivity contribution is -0.135. The Hall–Kier alpha value is -3.82. The number of para-hydroxylation sites is 2. The molecule has 0 saturated carbocycles. The number of piperazine rings is 1.